The lowest BCUT2D eigenvalue weighted by Crippen LogP contribution is -2.16. The van der Waals surface area contributed by atoms with Crippen molar-refractivity contribution in [2.75, 3.05) is 13.7 Å². The van der Waals surface area contributed by atoms with Gasteiger partial charge in [0.25, 0.3) is 0 Å². The zero-order valence-corrected chi connectivity index (χ0v) is 10.4. The summed E-state index contributed by atoms with van der Waals surface area (Å²) in [6.07, 6.45) is 0.147. The van der Waals surface area contributed by atoms with Gasteiger partial charge in [-0.15, -0.1) is 0 Å². The topological polar surface area (TPSA) is 55.8 Å². The molecule has 0 bridgehead atoms. The van der Waals surface area contributed by atoms with Crippen LogP contribution in [0.25, 0.3) is 0 Å². The molecule has 0 aliphatic heterocycles. The molecule has 0 radical (unpaired) electrons. The SMILES string of the molecule is CCC(O)COc1ccc(OC)c(C(C)=O)c1. The number of aliphatic hydroxyl groups excluding tert-OH is 1. The highest BCUT2D eigenvalue weighted by molar-refractivity contribution is 5.97. The monoisotopic (exact) mass is 238 g/mol. The quantitative estimate of drug-likeness (QED) is 0.771. The van der Waals surface area contributed by atoms with Crippen molar-refractivity contribution in [1.29, 1.82) is 0 Å². The van der Waals surface area contributed by atoms with E-state index in [1.165, 1.54) is 14.0 Å². The zero-order valence-electron chi connectivity index (χ0n) is 10.4. The lowest BCUT2D eigenvalue weighted by molar-refractivity contribution is 0.100. The van der Waals surface area contributed by atoms with Crippen molar-refractivity contribution in [1.82, 2.24) is 0 Å². The third-order valence-corrected chi connectivity index (χ3v) is 2.46. The van der Waals surface area contributed by atoms with E-state index < -0.39 is 6.10 Å². The molecule has 0 aliphatic carbocycles. The van der Waals surface area contributed by atoms with Crippen LogP contribution in [0.15, 0.2) is 18.2 Å². The van der Waals surface area contributed by atoms with E-state index >= 15 is 0 Å². The predicted octanol–water partition coefficient (Wildman–Crippen LogP) is 2.05. The van der Waals surface area contributed by atoms with E-state index in [0.717, 1.165) is 0 Å². The Balaban J connectivity index is 2.81. The number of benzene rings is 1. The Morgan fingerprint density at radius 3 is 2.71 bits per heavy atom. The highest BCUT2D eigenvalue weighted by Gasteiger charge is 2.10. The zero-order chi connectivity index (χ0) is 12.8. The van der Waals surface area contributed by atoms with Crippen LogP contribution in [0.2, 0.25) is 0 Å². The molecule has 1 rings (SSSR count). The molecule has 1 unspecified atom stereocenters. The maximum Gasteiger partial charge on any atom is 0.163 e. The molecule has 0 fully saturated rings. The minimum atomic E-state index is -0.488. The third-order valence-electron chi connectivity index (χ3n) is 2.46. The molecule has 94 valence electrons. The number of Topliss-reactive ketones (excluding diaryl/α,β-unsaturated/α-hetero) is 1. The van der Waals surface area contributed by atoms with Crippen molar-refractivity contribution in [2.45, 2.75) is 26.4 Å². The summed E-state index contributed by atoms with van der Waals surface area (Å²) in [6, 6.07) is 5.03. The molecule has 0 heterocycles. The van der Waals surface area contributed by atoms with E-state index in [4.69, 9.17) is 9.47 Å². The molecular weight excluding hydrogens is 220 g/mol. The minimum Gasteiger partial charge on any atom is -0.496 e. The van der Waals surface area contributed by atoms with Crippen LogP contribution in [0.4, 0.5) is 0 Å². The molecule has 1 aromatic carbocycles. The maximum absolute atomic E-state index is 11.4. The number of ether oxygens (including phenoxy) is 2. The Labute approximate surface area is 101 Å². The summed E-state index contributed by atoms with van der Waals surface area (Å²) in [5.41, 5.74) is 0.482. The second-order valence-electron chi connectivity index (χ2n) is 3.79. The fraction of sp³-hybridized carbons (Fsp3) is 0.462. The number of hydrogen-bond donors (Lipinski definition) is 1. The van der Waals surface area contributed by atoms with E-state index in [-0.39, 0.29) is 12.4 Å². The van der Waals surface area contributed by atoms with Gasteiger partial charge in [-0.1, -0.05) is 6.92 Å². The summed E-state index contributed by atoms with van der Waals surface area (Å²) in [4.78, 5) is 11.4. The van der Waals surface area contributed by atoms with Crippen LogP contribution in [0.5, 0.6) is 11.5 Å². The van der Waals surface area contributed by atoms with Gasteiger partial charge in [-0.25, -0.2) is 0 Å². The van der Waals surface area contributed by atoms with Gasteiger partial charge < -0.3 is 14.6 Å². The molecule has 0 saturated heterocycles. The van der Waals surface area contributed by atoms with Crippen LogP contribution >= 0.6 is 0 Å². The molecule has 1 atom stereocenters. The number of methoxy groups -OCH3 is 1. The second kappa shape index (κ2) is 6.25. The number of rotatable bonds is 6. The number of ketones is 1. The van der Waals surface area contributed by atoms with E-state index in [1.807, 2.05) is 6.92 Å². The highest BCUT2D eigenvalue weighted by atomic mass is 16.5. The first-order valence-corrected chi connectivity index (χ1v) is 5.58. The molecule has 17 heavy (non-hydrogen) atoms. The van der Waals surface area contributed by atoms with E-state index in [2.05, 4.69) is 0 Å². The molecule has 4 nitrogen and oxygen atoms in total. The summed E-state index contributed by atoms with van der Waals surface area (Å²) in [7, 11) is 1.52. The number of carbonyl (C=O) groups excluding carboxylic acids is 1. The van der Waals surface area contributed by atoms with Gasteiger partial charge in [0.1, 0.15) is 18.1 Å². The van der Waals surface area contributed by atoms with Gasteiger partial charge in [0.05, 0.1) is 18.8 Å². The van der Waals surface area contributed by atoms with Gasteiger partial charge in [-0.05, 0) is 31.5 Å². The van der Waals surface area contributed by atoms with Gasteiger partial charge in [0, 0.05) is 0 Å². The molecule has 0 amide bonds. The van der Waals surface area contributed by atoms with Crippen molar-refractivity contribution in [2.24, 2.45) is 0 Å². The summed E-state index contributed by atoms with van der Waals surface area (Å²) in [6.45, 7) is 3.58. The average Bonchev–Trinajstić information content (AvgIpc) is 2.35. The van der Waals surface area contributed by atoms with Gasteiger partial charge in [0.2, 0.25) is 0 Å². The molecule has 4 heteroatoms. The van der Waals surface area contributed by atoms with Crippen molar-refractivity contribution < 1.29 is 19.4 Å². The van der Waals surface area contributed by atoms with Crippen LogP contribution in [0, 0.1) is 0 Å². The molecule has 1 aromatic rings. The standard InChI is InChI=1S/C13H18O4/c1-4-10(15)8-17-11-5-6-13(16-3)12(7-11)9(2)14/h5-7,10,15H,4,8H2,1-3H3. The molecule has 0 aromatic heterocycles. The van der Waals surface area contributed by atoms with Gasteiger partial charge in [-0.3, -0.25) is 4.79 Å². The number of hydrogen-bond acceptors (Lipinski definition) is 4. The van der Waals surface area contributed by atoms with Crippen LogP contribution in [0.3, 0.4) is 0 Å². The average molecular weight is 238 g/mol. The summed E-state index contributed by atoms with van der Waals surface area (Å²) < 4.78 is 10.5. The van der Waals surface area contributed by atoms with E-state index in [0.29, 0.717) is 23.5 Å². The lowest BCUT2D eigenvalue weighted by Gasteiger charge is -2.12. The Morgan fingerprint density at radius 1 is 1.47 bits per heavy atom. The lowest BCUT2D eigenvalue weighted by atomic mass is 10.1. The van der Waals surface area contributed by atoms with E-state index in [9.17, 15) is 9.90 Å². The first-order chi connectivity index (χ1) is 8.08. The fourth-order valence-corrected chi connectivity index (χ4v) is 1.36. The largest absolute Gasteiger partial charge is 0.496 e. The van der Waals surface area contributed by atoms with Crippen LogP contribution < -0.4 is 9.47 Å². The maximum atomic E-state index is 11.4. The fourth-order valence-electron chi connectivity index (χ4n) is 1.36. The molecule has 1 N–H and O–H groups in total. The molecule has 0 aliphatic rings. The summed E-state index contributed by atoms with van der Waals surface area (Å²) in [5, 5.41) is 9.38. The van der Waals surface area contributed by atoms with Crippen molar-refractivity contribution in [3.05, 3.63) is 23.8 Å². The minimum absolute atomic E-state index is 0.0802. The van der Waals surface area contributed by atoms with Gasteiger partial charge >= 0.3 is 0 Å². The van der Waals surface area contributed by atoms with E-state index in [1.54, 1.807) is 18.2 Å². The predicted molar refractivity (Wildman–Crippen MR) is 64.8 cm³/mol. The number of aliphatic hydroxyl groups is 1. The Morgan fingerprint density at radius 2 is 2.18 bits per heavy atom. The molecule has 0 spiro atoms. The van der Waals surface area contributed by atoms with Gasteiger partial charge in [-0.2, -0.15) is 0 Å². The van der Waals surface area contributed by atoms with Gasteiger partial charge in [0.15, 0.2) is 5.78 Å². The second-order valence-corrected chi connectivity index (χ2v) is 3.79. The smallest absolute Gasteiger partial charge is 0.163 e. The Bertz CT molecular complexity index is 387. The van der Waals surface area contributed by atoms with Crippen LogP contribution in [-0.4, -0.2) is 30.7 Å². The molecular formula is C13H18O4. The summed E-state index contributed by atoms with van der Waals surface area (Å²) >= 11 is 0. The Hall–Kier alpha value is -1.55. The van der Waals surface area contributed by atoms with Crippen LogP contribution in [0.1, 0.15) is 30.6 Å². The third kappa shape index (κ3) is 3.75. The number of carbonyl (C=O) groups is 1. The first kappa shape index (κ1) is 13.5. The normalized spacial score (nSPS) is 12.0. The Kier molecular flexibility index (Phi) is 4.97. The van der Waals surface area contributed by atoms with Crippen molar-refractivity contribution in [3.63, 3.8) is 0 Å². The van der Waals surface area contributed by atoms with Crippen molar-refractivity contribution >= 4 is 5.78 Å². The van der Waals surface area contributed by atoms with Crippen LogP contribution in [-0.2, 0) is 0 Å². The van der Waals surface area contributed by atoms with Crippen molar-refractivity contribution in [3.8, 4) is 11.5 Å². The first-order valence-electron chi connectivity index (χ1n) is 5.58. The molecule has 0 saturated carbocycles. The highest BCUT2D eigenvalue weighted by Crippen LogP contribution is 2.24. The summed E-state index contributed by atoms with van der Waals surface area (Å²) in [5.74, 6) is 1.01.